The third-order valence-corrected chi connectivity index (χ3v) is 6.67. The fraction of sp³-hybridized carbons (Fsp3) is 0.258. The highest BCUT2D eigenvalue weighted by Crippen LogP contribution is 2.44. The van der Waals surface area contributed by atoms with Crippen LogP contribution in [0.5, 0.6) is 17.2 Å². The summed E-state index contributed by atoms with van der Waals surface area (Å²) in [7, 11) is 3.09. The van der Waals surface area contributed by atoms with Gasteiger partial charge in [0, 0.05) is 24.2 Å². The van der Waals surface area contributed by atoms with E-state index in [2.05, 4.69) is 0 Å². The molecule has 0 bridgehead atoms. The number of aliphatic hydroxyl groups excluding tert-OH is 1. The highest BCUT2D eigenvalue weighted by Gasteiger charge is 2.47. The van der Waals surface area contributed by atoms with Crippen molar-refractivity contribution in [3.05, 3.63) is 88.5 Å². The van der Waals surface area contributed by atoms with E-state index in [4.69, 9.17) is 14.2 Å². The van der Waals surface area contributed by atoms with Crippen molar-refractivity contribution in [3.8, 4) is 17.2 Å². The summed E-state index contributed by atoms with van der Waals surface area (Å²) in [6.45, 7) is 7.09. The average molecular weight is 530 g/mol. The van der Waals surface area contributed by atoms with E-state index in [1.807, 2.05) is 13.8 Å². The molecule has 1 unspecified atom stereocenters. The maximum Gasteiger partial charge on any atom is 0.308 e. The van der Waals surface area contributed by atoms with Crippen LogP contribution in [0.1, 0.15) is 55.0 Å². The summed E-state index contributed by atoms with van der Waals surface area (Å²) in [5.41, 5.74) is 2.75. The number of amides is 1. The zero-order valence-electron chi connectivity index (χ0n) is 22.8. The van der Waals surface area contributed by atoms with Crippen LogP contribution in [-0.4, -0.2) is 37.0 Å². The van der Waals surface area contributed by atoms with Gasteiger partial charge in [-0.1, -0.05) is 32.0 Å². The molecule has 8 nitrogen and oxygen atoms in total. The number of carbonyl (C=O) groups excluding carboxylic acids is 3. The first kappa shape index (κ1) is 27.4. The van der Waals surface area contributed by atoms with Gasteiger partial charge in [-0.05, 0) is 65.9 Å². The highest BCUT2D eigenvalue weighted by molar-refractivity contribution is 6.51. The molecule has 0 aliphatic carbocycles. The molecule has 1 saturated heterocycles. The molecule has 1 amide bonds. The molecule has 1 aliphatic rings. The van der Waals surface area contributed by atoms with Gasteiger partial charge in [0.1, 0.15) is 23.0 Å². The molecule has 0 saturated carbocycles. The van der Waals surface area contributed by atoms with E-state index in [0.717, 1.165) is 5.56 Å². The maximum atomic E-state index is 13.6. The van der Waals surface area contributed by atoms with Crippen molar-refractivity contribution >= 4 is 29.1 Å². The Hall–Kier alpha value is -4.59. The molecule has 39 heavy (non-hydrogen) atoms. The molecule has 8 heteroatoms. The van der Waals surface area contributed by atoms with Gasteiger partial charge in [0.25, 0.3) is 11.7 Å². The Morgan fingerprint density at radius 1 is 0.949 bits per heavy atom. The van der Waals surface area contributed by atoms with Crippen molar-refractivity contribution in [1.82, 2.24) is 0 Å². The van der Waals surface area contributed by atoms with Crippen LogP contribution < -0.4 is 19.1 Å². The zero-order valence-corrected chi connectivity index (χ0v) is 22.8. The molecule has 0 aromatic heterocycles. The average Bonchev–Trinajstić information content (AvgIpc) is 3.17. The number of ether oxygens (including phenoxy) is 3. The number of anilines is 1. The van der Waals surface area contributed by atoms with E-state index in [1.165, 1.54) is 18.9 Å². The quantitative estimate of drug-likeness (QED) is 0.138. The number of benzene rings is 3. The molecule has 202 valence electrons. The minimum absolute atomic E-state index is 0.0718. The van der Waals surface area contributed by atoms with Crippen molar-refractivity contribution < 1.29 is 33.7 Å². The second-order valence-corrected chi connectivity index (χ2v) is 9.60. The number of methoxy groups -OCH3 is 2. The minimum atomic E-state index is -1.00. The smallest absolute Gasteiger partial charge is 0.308 e. The Morgan fingerprint density at radius 2 is 1.64 bits per heavy atom. The third-order valence-electron chi connectivity index (χ3n) is 6.67. The monoisotopic (exact) mass is 529 g/mol. The van der Waals surface area contributed by atoms with E-state index in [0.29, 0.717) is 33.9 Å². The lowest BCUT2D eigenvalue weighted by atomic mass is 9.91. The largest absolute Gasteiger partial charge is 0.507 e. The van der Waals surface area contributed by atoms with Gasteiger partial charge in [0.05, 0.1) is 25.8 Å². The fourth-order valence-corrected chi connectivity index (χ4v) is 4.82. The Labute approximate surface area is 227 Å². The molecule has 0 spiro atoms. The first-order valence-corrected chi connectivity index (χ1v) is 12.5. The number of rotatable bonds is 7. The van der Waals surface area contributed by atoms with Crippen LogP contribution in [0.2, 0.25) is 0 Å². The summed E-state index contributed by atoms with van der Waals surface area (Å²) in [6, 6.07) is 15.9. The lowest BCUT2D eigenvalue weighted by Gasteiger charge is -2.26. The Balaban J connectivity index is 2.00. The van der Waals surface area contributed by atoms with Crippen LogP contribution in [0.15, 0.2) is 66.2 Å². The summed E-state index contributed by atoms with van der Waals surface area (Å²) in [5, 5.41) is 11.7. The Kier molecular flexibility index (Phi) is 7.76. The predicted molar refractivity (Wildman–Crippen MR) is 147 cm³/mol. The van der Waals surface area contributed by atoms with E-state index in [9.17, 15) is 19.5 Å². The fourth-order valence-electron chi connectivity index (χ4n) is 4.82. The van der Waals surface area contributed by atoms with Crippen molar-refractivity contribution in [1.29, 1.82) is 0 Å². The van der Waals surface area contributed by atoms with Crippen LogP contribution in [0, 0.1) is 6.92 Å². The minimum Gasteiger partial charge on any atom is -0.507 e. The summed E-state index contributed by atoms with van der Waals surface area (Å²) in [4.78, 5) is 40.1. The van der Waals surface area contributed by atoms with Crippen molar-refractivity contribution in [2.75, 3.05) is 19.1 Å². The Morgan fingerprint density at radius 3 is 2.28 bits per heavy atom. The number of aliphatic hydroxyl groups is 1. The lowest BCUT2D eigenvalue weighted by molar-refractivity contribution is -0.132. The van der Waals surface area contributed by atoms with Gasteiger partial charge < -0.3 is 19.3 Å². The summed E-state index contributed by atoms with van der Waals surface area (Å²) in [6.07, 6.45) is 0. The molecule has 3 aromatic carbocycles. The van der Waals surface area contributed by atoms with E-state index >= 15 is 0 Å². The van der Waals surface area contributed by atoms with Gasteiger partial charge in [-0.2, -0.15) is 0 Å². The van der Waals surface area contributed by atoms with Crippen molar-refractivity contribution in [2.45, 2.75) is 39.7 Å². The molecule has 1 heterocycles. The number of ketones is 1. The molecule has 0 radical (unpaired) electrons. The number of esters is 1. The number of Topliss-reactive ketones (excluding diaryl/α,β-unsaturated/α-hetero) is 1. The number of nitrogens with zero attached hydrogens (tertiary/aromatic N) is 1. The molecular formula is C31H31NO7. The number of hydrogen-bond acceptors (Lipinski definition) is 7. The van der Waals surface area contributed by atoms with Gasteiger partial charge in [0.15, 0.2) is 0 Å². The first-order valence-electron chi connectivity index (χ1n) is 12.5. The summed E-state index contributed by atoms with van der Waals surface area (Å²) >= 11 is 0. The van der Waals surface area contributed by atoms with Gasteiger partial charge in [-0.15, -0.1) is 0 Å². The molecule has 1 aliphatic heterocycles. The van der Waals surface area contributed by atoms with Crippen LogP contribution in [0.3, 0.4) is 0 Å². The standard InChI is InChI=1S/C31H31NO7/c1-17(2)24-16-25(18(3)13-26(24)38-6)29(34)27-28(20-9-7-12-23(14-20)39-19(4)33)32(31(36)30(27)35)21-10-8-11-22(15-21)37-5/h7-17,28,34H,1-6H3/b29-27+. The number of hydrogen-bond donors (Lipinski definition) is 1. The van der Waals surface area contributed by atoms with Crippen molar-refractivity contribution in [2.24, 2.45) is 0 Å². The second kappa shape index (κ2) is 11.0. The maximum absolute atomic E-state index is 13.6. The van der Waals surface area contributed by atoms with Gasteiger partial charge in [-0.3, -0.25) is 19.3 Å². The molecule has 4 rings (SSSR count). The van der Waals surface area contributed by atoms with Gasteiger partial charge >= 0.3 is 5.97 Å². The predicted octanol–water partition coefficient (Wildman–Crippen LogP) is 5.69. The van der Waals surface area contributed by atoms with E-state index in [-0.39, 0.29) is 23.0 Å². The Bertz CT molecular complexity index is 1490. The van der Waals surface area contributed by atoms with Gasteiger partial charge in [-0.25, -0.2) is 0 Å². The summed E-state index contributed by atoms with van der Waals surface area (Å²) < 4.78 is 16.2. The normalized spacial score (nSPS) is 16.5. The lowest BCUT2D eigenvalue weighted by Crippen LogP contribution is -2.29. The number of carbonyl (C=O) groups is 3. The zero-order chi connectivity index (χ0) is 28.4. The SMILES string of the molecule is COc1cccc(N2C(=O)C(=O)/C(=C(/O)c3cc(C(C)C)c(OC)cc3C)C2c2cccc(OC(C)=O)c2)c1. The van der Waals surface area contributed by atoms with Crippen LogP contribution in [0.25, 0.3) is 5.76 Å². The third kappa shape index (κ3) is 5.23. The van der Waals surface area contributed by atoms with E-state index in [1.54, 1.807) is 74.7 Å². The molecule has 1 fully saturated rings. The van der Waals surface area contributed by atoms with E-state index < -0.39 is 23.7 Å². The van der Waals surface area contributed by atoms with Crippen molar-refractivity contribution in [3.63, 3.8) is 0 Å². The molecule has 1 atom stereocenters. The summed E-state index contributed by atoms with van der Waals surface area (Å²) in [5.74, 6) is -0.965. The van der Waals surface area contributed by atoms with Crippen LogP contribution >= 0.6 is 0 Å². The molecular weight excluding hydrogens is 498 g/mol. The topological polar surface area (TPSA) is 102 Å². The molecule has 1 N–H and O–H groups in total. The number of aryl methyl sites for hydroxylation is 1. The van der Waals surface area contributed by atoms with Gasteiger partial charge in [0.2, 0.25) is 0 Å². The molecule has 3 aromatic rings. The van der Waals surface area contributed by atoms with Crippen LogP contribution in [0.4, 0.5) is 5.69 Å². The second-order valence-electron chi connectivity index (χ2n) is 9.60. The van der Waals surface area contributed by atoms with Crippen LogP contribution in [-0.2, 0) is 14.4 Å². The first-order chi connectivity index (χ1) is 18.6. The highest BCUT2D eigenvalue weighted by atomic mass is 16.5.